The van der Waals surface area contributed by atoms with E-state index in [4.69, 9.17) is 10.3 Å². The number of hydrogen-bond acceptors (Lipinski definition) is 5. The van der Waals surface area contributed by atoms with Crippen molar-refractivity contribution in [3.63, 3.8) is 0 Å². The Balaban J connectivity index is 2.26. The van der Waals surface area contributed by atoms with E-state index in [9.17, 15) is 4.79 Å². The topological polar surface area (TPSA) is 94.0 Å². The van der Waals surface area contributed by atoms with Crippen molar-refractivity contribution in [3.05, 3.63) is 11.7 Å². The number of nitrogens with one attached hydrogen (secondary N) is 1. The fourth-order valence-electron chi connectivity index (χ4n) is 2.20. The van der Waals surface area contributed by atoms with Crippen molar-refractivity contribution in [3.8, 4) is 0 Å². The predicted molar refractivity (Wildman–Crippen MR) is 56.9 cm³/mol. The molecule has 88 valence electrons. The quantitative estimate of drug-likeness (QED) is 0.764. The Hall–Kier alpha value is -1.43. The van der Waals surface area contributed by atoms with E-state index in [1.807, 2.05) is 0 Å². The molecule has 16 heavy (non-hydrogen) atoms. The highest BCUT2D eigenvalue weighted by Crippen LogP contribution is 2.39. The van der Waals surface area contributed by atoms with Crippen LogP contribution in [-0.2, 0) is 5.41 Å². The van der Waals surface area contributed by atoms with Gasteiger partial charge in [0.1, 0.15) is 0 Å². The van der Waals surface area contributed by atoms with Crippen molar-refractivity contribution < 1.29 is 9.32 Å². The third-order valence-corrected chi connectivity index (χ3v) is 3.26. The molecule has 0 bridgehead atoms. The van der Waals surface area contributed by atoms with Crippen LogP contribution in [0.25, 0.3) is 0 Å². The summed E-state index contributed by atoms with van der Waals surface area (Å²) in [5.74, 6) is 0.253. The summed E-state index contributed by atoms with van der Waals surface area (Å²) >= 11 is 0. The predicted octanol–water partition coefficient (Wildman–Crippen LogP) is 0.200. The van der Waals surface area contributed by atoms with Crippen LogP contribution in [0.1, 0.15) is 42.2 Å². The van der Waals surface area contributed by atoms with Crippen LogP contribution in [0.3, 0.4) is 0 Å². The number of nitrogens with two attached hydrogens (primary N) is 1. The first-order valence-corrected chi connectivity index (χ1v) is 5.48. The molecule has 1 heterocycles. The van der Waals surface area contributed by atoms with Gasteiger partial charge in [0.2, 0.25) is 5.89 Å². The van der Waals surface area contributed by atoms with Crippen molar-refractivity contribution in [2.75, 3.05) is 13.6 Å². The molecular weight excluding hydrogens is 208 g/mol. The second-order valence-electron chi connectivity index (χ2n) is 4.19. The van der Waals surface area contributed by atoms with Crippen molar-refractivity contribution in [2.45, 2.75) is 31.1 Å². The SMILES string of the molecule is CNC(=O)c1noc(C2(CN)CCCC2)n1. The number of carbonyl (C=O) groups excluding carboxylic acids is 1. The van der Waals surface area contributed by atoms with Crippen molar-refractivity contribution in [1.82, 2.24) is 15.5 Å². The summed E-state index contributed by atoms with van der Waals surface area (Å²) < 4.78 is 5.16. The van der Waals surface area contributed by atoms with E-state index in [0.29, 0.717) is 12.4 Å². The number of hydrogen-bond donors (Lipinski definition) is 2. The zero-order chi connectivity index (χ0) is 11.6. The molecule has 0 unspecified atom stereocenters. The molecule has 1 aliphatic rings. The average Bonchev–Trinajstić information content (AvgIpc) is 2.96. The lowest BCUT2D eigenvalue weighted by molar-refractivity contribution is 0.0950. The first kappa shape index (κ1) is 11.1. The van der Waals surface area contributed by atoms with Gasteiger partial charge in [0, 0.05) is 13.6 Å². The van der Waals surface area contributed by atoms with Gasteiger partial charge in [-0.2, -0.15) is 4.98 Å². The lowest BCUT2D eigenvalue weighted by Crippen LogP contribution is -2.32. The first-order valence-electron chi connectivity index (χ1n) is 5.48. The molecule has 6 heteroatoms. The van der Waals surface area contributed by atoms with Crippen molar-refractivity contribution >= 4 is 5.91 Å². The Bertz CT molecular complexity index is 382. The number of carbonyl (C=O) groups is 1. The molecule has 1 amide bonds. The minimum absolute atomic E-state index is 0.0808. The molecule has 0 saturated heterocycles. The molecule has 0 atom stereocenters. The molecule has 0 aromatic carbocycles. The van der Waals surface area contributed by atoms with Crippen LogP contribution in [0, 0.1) is 0 Å². The summed E-state index contributed by atoms with van der Waals surface area (Å²) in [5, 5.41) is 6.13. The summed E-state index contributed by atoms with van der Waals surface area (Å²) in [7, 11) is 1.53. The summed E-state index contributed by atoms with van der Waals surface area (Å²) in [4.78, 5) is 15.4. The smallest absolute Gasteiger partial charge is 0.292 e. The van der Waals surface area contributed by atoms with Gasteiger partial charge >= 0.3 is 0 Å². The molecule has 1 saturated carbocycles. The Morgan fingerprint density at radius 1 is 1.56 bits per heavy atom. The van der Waals surface area contributed by atoms with Crippen LogP contribution in [0.15, 0.2) is 4.52 Å². The molecule has 0 radical (unpaired) electrons. The summed E-state index contributed by atoms with van der Waals surface area (Å²) in [5.41, 5.74) is 5.58. The van der Waals surface area contributed by atoms with E-state index in [1.165, 1.54) is 7.05 Å². The number of nitrogens with zero attached hydrogens (tertiary/aromatic N) is 2. The maximum Gasteiger partial charge on any atom is 0.292 e. The molecule has 0 spiro atoms. The highest BCUT2D eigenvalue weighted by Gasteiger charge is 2.39. The minimum atomic E-state index is -0.333. The summed E-state index contributed by atoms with van der Waals surface area (Å²) in [6, 6.07) is 0. The van der Waals surface area contributed by atoms with E-state index in [0.717, 1.165) is 25.7 Å². The molecule has 1 aromatic heterocycles. The second kappa shape index (κ2) is 4.21. The van der Waals surface area contributed by atoms with Crippen LogP contribution < -0.4 is 11.1 Å². The zero-order valence-corrected chi connectivity index (χ0v) is 9.32. The zero-order valence-electron chi connectivity index (χ0n) is 9.32. The molecule has 1 aliphatic carbocycles. The number of amides is 1. The molecule has 1 fully saturated rings. The highest BCUT2D eigenvalue weighted by atomic mass is 16.5. The van der Waals surface area contributed by atoms with Gasteiger partial charge in [-0.1, -0.05) is 18.0 Å². The molecule has 1 aromatic rings. The van der Waals surface area contributed by atoms with Crippen LogP contribution in [0.5, 0.6) is 0 Å². The van der Waals surface area contributed by atoms with Gasteiger partial charge in [0.15, 0.2) is 0 Å². The molecule has 3 N–H and O–H groups in total. The molecule has 2 rings (SSSR count). The lowest BCUT2D eigenvalue weighted by atomic mass is 9.86. The second-order valence-corrected chi connectivity index (χ2v) is 4.19. The summed E-state index contributed by atoms with van der Waals surface area (Å²) in [6.45, 7) is 0.488. The van der Waals surface area contributed by atoms with Gasteiger partial charge in [-0.3, -0.25) is 4.79 Å². The van der Waals surface area contributed by atoms with Gasteiger partial charge in [0.05, 0.1) is 5.41 Å². The Labute approximate surface area is 93.6 Å². The summed E-state index contributed by atoms with van der Waals surface area (Å²) in [6.07, 6.45) is 4.15. The molecular formula is C10H16N4O2. The monoisotopic (exact) mass is 224 g/mol. The number of rotatable bonds is 3. The molecule has 6 nitrogen and oxygen atoms in total. The largest absolute Gasteiger partial charge is 0.352 e. The fraction of sp³-hybridized carbons (Fsp3) is 0.700. The van der Waals surface area contributed by atoms with E-state index in [-0.39, 0.29) is 17.1 Å². The third kappa shape index (κ3) is 1.69. The van der Waals surface area contributed by atoms with Gasteiger partial charge in [-0.05, 0) is 12.8 Å². The van der Waals surface area contributed by atoms with Crippen LogP contribution >= 0.6 is 0 Å². The normalized spacial score (nSPS) is 18.6. The van der Waals surface area contributed by atoms with E-state index in [2.05, 4.69) is 15.5 Å². The van der Waals surface area contributed by atoms with Gasteiger partial charge in [-0.25, -0.2) is 0 Å². The third-order valence-electron chi connectivity index (χ3n) is 3.26. The Kier molecular flexibility index (Phi) is 2.91. The van der Waals surface area contributed by atoms with Crippen LogP contribution in [-0.4, -0.2) is 29.6 Å². The van der Waals surface area contributed by atoms with Crippen molar-refractivity contribution in [1.29, 1.82) is 0 Å². The van der Waals surface area contributed by atoms with Gasteiger partial charge < -0.3 is 15.6 Å². The average molecular weight is 224 g/mol. The highest BCUT2D eigenvalue weighted by molar-refractivity contribution is 5.89. The van der Waals surface area contributed by atoms with E-state index < -0.39 is 0 Å². The maximum atomic E-state index is 11.3. The van der Waals surface area contributed by atoms with Crippen LogP contribution in [0.4, 0.5) is 0 Å². The number of aromatic nitrogens is 2. The first-order chi connectivity index (χ1) is 7.72. The molecule has 0 aliphatic heterocycles. The Morgan fingerprint density at radius 3 is 2.81 bits per heavy atom. The van der Waals surface area contributed by atoms with Crippen LogP contribution in [0.2, 0.25) is 0 Å². The standard InChI is InChI=1S/C10H16N4O2/c1-12-8(15)7-13-9(16-14-7)10(6-11)4-2-3-5-10/h2-6,11H2,1H3,(H,12,15). The maximum absolute atomic E-state index is 11.3. The minimum Gasteiger partial charge on any atom is -0.352 e. The van der Waals surface area contributed by atoms with Crippen molar-refractivity contribution in [2.24, 2.45) is 5.73 Å². The lowest BCUT2D eigenvalue weighted by Gasteiger charge is -2.21. The Morgan fingerprint density at radius 2 is 2.25 bits per heavy atom. The van der Waals surface area contributed by atoms with E-state index in [1.54, 1.807) is 0 Å². The van der Waals surface area contributed by atoms with Gasteiger partial charge in [0.25, 0.3) is 11.7 Å². The van der Waals surface area contributed by atoms with E-state index >= 15 is 0 Å². The fourth-order valence-corrected chi connectivity index (χ4v) is 2.20. The van der Waals surface area contributed by atoms with Gasteiger partial charge in [-0.15, -0.1) is 0 Å².